The molecule has 0 fully saturated rings. The molecular weight excluding hydrogens is 304 g/mol. The van der Waals surface area contributed by atoms with Crippen molar-refractivity contribution in [3.8, 4) is 0 Å². The fourth-order valence-electron chi connectivity index (χ4n) is 2.49. The molecule has 0 spiro atoms. The highest BCUT2D eigenvalue weighted by molar-refractivity contribution is 6.02. The second-order valence-corrected chi connectivity index (χ2v) is 5.56. The van der Waals surface area contributed by atoms with Crippen molar-refractivity contribution in [3.63, 3.8) is 0 Å². The summed E-state index contributed by atoms with van der Waals surface area (Å²) >= 11 is 0. The molecule has 1 aliphatic rings. The second-order valence-electron chi connectivity index (χ2n) is 5.56. The monoisotopic (exact) mass is 317 g/mol. The Morgan fingerprint density at radius 3 is 2.48 bits per heavy atom. The summed E-state index contributed by atoms with van der Waals surface area (Å²) in [5, 5.41) is 2.57. The molecular formula is C17H13F2NO3. The van der Waals surface area contributed by atoms with Crippen LogP contribution in [0.15, 0.2) is 42.5 Å². The molecule has 1 N–H and O–H groups in total. The standard InChI is InChI=1S/C17H13F2NO3/c1-17(16(22)20-13-5-2-11(18)3-6-13)9-10-8-12(19)4-7-14(10)15(21)23-17/h2-8H,9H2,1H3,(H,20,22). The van der Waals surface area contributed by atoms with E-state index in [9.17, 15) is 18.4 Å². The molecule has 6 heteroatoms. The van der Waals surface area contributed by atoms with Crippen molar-refractivity contribution in [1.82, 2.24) is 0 Å². The van der Waals surface area contributed by atoms with Crippen molar-refractivity contribution in [1.29, 1.82) is 0 Å². The van der Waals surface area contributed by atoms with Crippen LogP contribution in [0.5, 0.6) is 0 Å². The van der Waals surface area contributed by atoms with Gasteiger partial charge >= 0.3 is 5.97 Å². The average molecular weight is 317 g/mol. The first-order valence-corrected chi connectivity index (χ1v) is 6.96. The van der Waals surface area contributed by atoms with Crippen LogP contribution in [0.4, 0.5) is 14.5 Å². The van der Waals surface area contributed by atoms with Gasteiger partial charge in [0.15, 0.2) is 5.60 Å². The van der Waals surface area contributed by atoms with Crippen molar-refractivity contribution >= 4 is 17.6 Å². The van der Waals surface area contributed by atoms with Gasteiger partial charge in [-0.15, -0.1) is 0 Å². The summed E-state index contributed by atoms with van der Waals surface area (Å²) in [5.41, 5.74) is -0.429. The Balaban J connectivity index is 1.85. The highest BCUT2D eigenvalue weighted by Gasteiger charge is 2.42. The summed E-state index contributed by atoms with van der Waals surface area (Å²) < 4.78 is 31.5. The van der Waals surface area contributed by atoms with Gasteiger partial charge in [-0.05, 0) is 55.0 Å². The van der Waals surface area contributed by atoms with Gasteiger partial charge in [-0.1, -0.05) is 0 Å². The molecule has 1 heterocycles. The van der Waals surface area contributed by atoms with Gasteiger partial charge in [-0.3, -0.25) is 4.79 Å². The molecule has 0 saturated heterocycles. The number of esters is 1. The quantitative estimate of drug-likeness (QED) is 0.866. The maximum Gasteiger partial charge on any atom is 0.339 e. The smallest absolute Gasteiger partial charge is 0.339 e. The first kappa shape index (κ1) is 15.1. The first-order valence-electron chi connectivity index (χ1n) is 6.96. The summed E-state index contributed by atoms with van der Waals surface area (Å²) in [6.07, 6.45) is 0.0544. The zero-order chi connectivity index (χ0) is 16.6. The SMILES string of the molecule is CC1(C(=O)Nc2ccc(F)cc2)Cc2cc(F)ccc2C(=O)O1. The Hall–Kier alpha value is -2.76. The van der Waals surface area contributed by atoms with Crippen LogP contribution in [0.25, 0.3) is 0 Å². The van der Waals surface area contributed by atoms with Gasteiger partial charge in [0.1, 0.15) is 11.6 Å². The third-order valence-corrected chi connectivity index (χ3v) is 3.72. The van der Waals surface area contributed by atoms with E-state index in [-0.39, 0.29) is 12.0 Å². The lowest BCUT2D eigenvalue weighted by atomic mass is 9.89. The molecule has 0 radical (unpaired) electrons. The normalized spacial score (nSPS) is 19.7. The average Bonchev–Trinajstić information content (AvgIpc) is 2.48. The van der Waals surface area contributed by atoms with Crippen LogP contribution >= 0.6 is 0 Å². The number of carbonyl (C=O) groups excluding carboxylic acids is 2. The van der Waals surface area contributed by atoms with Gasteiger partial charge in [-0.25, -0.2) is 13.6 Å². The summed E-state index contributed by atoms with van der Waals surface area (Å²) in [6.45, 7) is 1.46. The highest BCUT2D eigenvalue weighted by Crippen LogP contribution is 2.29. The van der Waals surface area contributed by atoms with Crippen LogP contribution in [0.2, 0.25) is 0 Å². The molecule has 2 aromatic rings. The van der Waals surface area contributed by atoms with Crippen LogP contribution in [-0.2, 0) is 16.0 Å². The van der Waals surface area contributed by atoms with E-state index in [2.05, 4.69) is 5.32 Å². The highest BCUT2D eigenvalue weighted by atomic mass is 19.1. The van der Waals surface area contributed by atoms with Gasteiger partial charge in [0.05, 0.1) is 5.56 Å². The fourth-order valence-corrected chi connectivity index (χ4v) is 2.49. The number of ether oxygens (including phenoxy) is 1. The lowest BCUT2D eigenvalue weighted by Gasteiger charge is -2.33. The first-order chi connectivity index (χ1) is 10.9. The molecule has 1 unspecified atom stereocenters. The number of anilines is 1. The maximum absolute atomic E-state index is 13.4. The maximum atomic E-state index is 13.4. The summed E-state index contributed by atoms with van der Waals surface area (Å²) in [6, 6.07) is 8.93. The zero-order valence-electron chi connectivity index (χ0n) is 12.2. The van der Waals surface area contributed by atoms with Gasteiger partial charge in [0.2, 0.25) is 0 Å². The van der Waals surface area contributed by atoms with E-state index in [0.717, 1.165) is 0 Å². The molecule has 1 aliphatic heterocycles. The third kappa shape index (κ3) is 2.92. The lowest BCUT2D eigenvalue weighted by molar-refractivity contribution is -0.134. The van der Waals surface area contributed by atoms with Crippen molar-refractivity contribution in [2.24, 2.45) is 0 Å². The minimum atomic E-state index is -1.47. The number of cyclic esters (lactones) is 1. The van der Waals surface area contributed by atoms with Crippen molar-refractivity contribution < 1.29 is 23.1 Å². The molecule has 0 aromatic heterocycles. The summed E-state index contributed by atoms with van der Waals surface area (Å²) in [5.74, 6) is -2.15. The number of hydrogen-bond acceptors (Lipinski definition) is 3. The fraction of sp³-hybridized carbons (Fsp3) is 0.176. The van der Waals surface area contributed by atoms with E-state index in [1.165, 1.54) is 49.4 Å². The largest absolute Gasteiger partial charge is 0.445 e. The summed E-state index contributed by atoms with van der Waals surface area (Å²) in [7, 11) is 0. The van der Waals surface area contributed by atoms with Gasteiger partial charge < -0.3 is 10.1 Å². The molecule has 0 aliphatic carbocycles. The topological polar surface area (TPSA) is 55.4 Å². The Bertz CT molecular complexity index is 789. The Kier molecular flexibility index (Phi) is 3.60. The van der Waals surface area contributed by atoms with Gasteiger partial charge in [0.25, 0.3) is 5.91 Å². The summed E-state index contributed by atoms with van der Waals surface area (Å²) in [4.78, 5) is 24.5. The zero-order valence-corrected chi connectivity index (χ0v) is 12.2. The molecule has 1 atom stereocenters. The minimum absolute atomic E-state index is 0.0544. The number of fused-ring (bicyclic) bond motifs is 1. The molecule has 23 heavy (non-hydrogen) atoms. The molecule has 118 valence electrons. The molecule has 0 bridgehead atoms. The van der Waals surface area contributed by atoms with Crippen LogP contribution in [-0.4, -0.2) is 17.5 Å². The van der Waals surface area contributed by atoms with E-state index in [1.54, 1.807) is 0 Å². The van der Waals surface area contributed by atoms with Gasteiger partial charge in [0, 0.05) is 12.1 Å². The lowest BCUT2D eigenvalue weighted by Crippen LogP contribution is -2.48. The van der Waals surface area contributed by atoms with Gasteiger partial charge in [-0.2, -0.15) is 0 Å². The van der Waals surface area contributed by atoms with Crippen LogP contribution in [0, 0.1) is 11.6 Å². The number of nitrogens with one attached hydrogen (secondary N) is 1. The minimum Gasteiger partial charge on any atom is -0.445 e. The number of rotatable bonds is 2. The number of benzene rings is 2. The number of halogens is 2. The number of carbonyl (C=O) groups is 2. The van der Waals surface area contributed by atoms with E-state index in [0.29, 0.717) is 11.3 Å². The van der Waals surface area contributed by atoms with E-state index < -0.39 is 29.1 Å². The Morgan fingerprint density at radius 1 is 1.13 bits per heavy atom. The number of amides is 1. The van der Waals surface area contributed by atoms with Crippen LogP contribution < -0.4 is 5.32 Å². The van der Waals surface area contributed by atoms with Crippen molar-refractivity contribution in [2.75, 3.05) is 5.32 Å². The number of hydrogen-bond donors (Lipinski definition) is 1. The van der Waals surface area contributed by atoms with Crippen molar-refractivity contribution in [3.05, 3.63) is 65.2 Å². The Labute approximate surface area is 131 Å². The molecule has 4 nitrogen and oxygen atoms in total. The molecule has 2 aromatic carbocycles. The second kappa shape index (κ2) is 5.46. The predicted octanol–water partition coefficient (Wildman–Crippen LogP) is 3.08. The molecule has 3 rings (SSSR count). The van der Waals surface area contributed by atoms with Crippen LogP contribution in [0.3, 0.4) is 0 Å². The van der Waals surface area contributed by atoms with Crippen molar-refractivity contribution in [2.45, 2.75) is 18.9 Å². The third-order valence-electron chi connectivity index (χ3n) is 3.72. The van der Waals surface area contributed by atoms with E-state index >= 15 is 0 Å². The van der Waals surface area contributed by atoms with Crippen LogP contribution in [0.1, 0.15) is 22.8 Å². The molecule has 1 amide bonds. The van der Waals surface area contributed by atoms with E-state index in [1.807, 2.05) is 0 Å². The predicted molar refractivity (Wildman–Crippen MR) is 79.0 cm³/mol. The molecule has 0 saturated carbocycles. The Morgan fingerprint density at radius 2 is 1.78 bits per heavy atom. The van der Waals surface area contributed by atoms with E-state index in [4.69, 9.17) is 4.74 Å².